The predicted octanol–water partition coefficient (Wildman–Crippen LogP) is 3.28. The number of hydrogen-bond acceptors (Lipinski definition) is 3. The molecule has 0 amide bonds. The van der Waals surface area contributed by atoms with Gasteiger partial charge in [-0.25, -0.2) is 0 Å². The Bertz CT molecular complexity index is 878. The molecule has 0 aliphatic rings. The molecule has 3 N–H and O–H groups in total. The molecule has 5 heteroatoms. The van der Waals surface area contributed by atoms with E-state index in [0.717, 1.165) is 22.2 Å². The maximum Gasteiger partial charge on any atom is 0.144 e. The minimum atomic E-state index is -0.0230. The molecular formula is C18H18N4O. The summed E-state index contributed by atoms with van der Waals surface area (Å²) in [5.41, 5.74) is 8.20. The third kappa shape index (κ3) is 3.08. The highest BCUT2D eigenvalue weighted by molar-refractivity contribution is 6.05. The van der Waals surface area contributed by atoms with Crippen molar-refractivity contribution < 1.29 is 4.74 Å². The number of aromatic nitrogens is 2. The molecule has 1 heterocycles. The molecule has 2 aromatic carbocycles. The fourth-order valence-electron chi connectivity index (χ4n) is 2.48. The first-order valence-electron chi connectivity index (χ1n) is 7.27. The Morgan fingerprint density at radius 2 is 1.91 bits per heavy atom. The molecule has 3 aromatic rings. The Labute approximate surface area is 134 Å². The van der Waals surface area contributed by atoms with E-state index in [1.807, 2.05) is 60.1 Å². The topological polar surface area (TPSA) is 76.9 Å². The first-order chi connectivity index (χ1) is 11.0. The number of para-hydroxylation sites is 1. The molecular weight excluding hydrogens is 288 g/mol. The van der Waals surface area contributed by atoms with E-state index in [1.54, 1.807) is 0 Å². The fourth-order valence-corrected chi connectivity index (χ4v) is 2.48. The lowest BCUT2D eigenvalue weighted by atomic mass is 10.2. The van der Waals surface area contributed by atoms with Gasteiger partial charge in [-0.05, 0) is 30.7 Å². The molecule has 0 radical (unpaired) electrons. The van der Waals surface area contributed by atoms with Crippen molar-refractivity contribution in [3.63, 3.8) is 0 Å². The lowest BCUT2D eigenvalue weighted by Crippen LogP contribution is -2.13. The lowest BCUT2D eigenvalue weighted by molar-refractivity contribution is 0.430. The minimum absolute atomic E-state index is 0.0230. The van der Waals surface area contributed by atoms with Crippen molar-refractivity contribution in [2.45, 2.75) is 13.5 Å². The van der Waals surface area contributed by atoms with Gasteiger partial charge in [0.1, 0.15) is 17.3 Å². The van der Waals surface area contributed by atoms with E-state index in [4.69, 9.17) is 15.9 Å². The molecule has 23 heavy (non-hydrogen) atoms. The van der Waals surface area contributed by atoms with Crippen molar-refractivity contribution in [2.75, 3.05) is 0 Å². The molecule has 1 aromatic heterocycles. The van der Waals surface area contributed by atoms with Crippen molar-refractivity contribution in [3.8, 4) is 5.75 Å². The molecule has 5 nitrogen and oxygen atoms in total. The van der Waals surface area contributed by atoms with Gasteiger partial charge < -0.3 is 10.5 Å². The number of allylic oxidation sites excluding steroid dienone is 1. The molecule has 0 saturated carbocycles. The van der Waals surface area contributed by atoms with Gasteiger partial charge in [0.15, 0.2) is 0 Å². The molecule has 0 bridgehead atoms. The summed E-state index contributed by atoms with van der Waals surface area (Å²) in [6.45, 7) is 6.14. The Hall–Kier alpha value is -3.08. The number of nitrogens with zero attached hydrogens (tertiary/aromatic N) is 2. The van der Waals surface area contributed by atoms with Gasteiger partial charge in [-0.2, -0.15) is 5.10 Å². The quantitative estimate of drug-likeness (QED) is 0.431. The van der Waals surface area contributed by atoms with Crippen molar-refractivity contribution in [1.29, 1.82) is 5.41 Å². The number of benzene rings is 2. The molecule has 0 atom stereocenters. The maximum atomic E-state index is 7.68. The molecule has 3 rings (SSSR count). The Morgan fingerprint density at radius 1 is 1.22 bits per heavy atom. The summed E-state index contributed by atoms with van der Waals surface area (Å²) in [6, 6.07) is 15.6. The molecule has 0 saturated heterocycles. The third-order valence-electron chi connectivity index (χ3n) is 3.46. The molecule has 0 aliphatic heterocycles. The fraction of sp³-hybridized carbons (Fsp3) is 0.111. The zero-order chi connectivity index (χ0) is 16.4. The van der Waals surface area contributed by atoms with Crippen molar-refractivity contribution in [3.05, 3.63) is 72.1 Å². The first-order valence-corrected chi connectivity index (χ1v) is 7.27. The summed E-state index contributed by atoms with van der Waals surface area (Å²) in [7, 11) is 0. The van der Waals surface area contributed by atoms with Crippen LogP contribution in [0.3, 0.4) is 0 Å². The smallest absolute Gasteiger partial charge is 0.144 e. The second-order valence-corrected chi connectivity index (χ2v) is 5.39. The zero-order valence-corrected chi connectivity index (χ0v) is 12.9. The van der Waals surface area contributed by atoms with Crippen molar-refractivity contribution in [2.24, 2.45) is 5.73 Å². The Balaban J connectivity index is 1.92. The van der Waals surface area contributed by atoms with Crippen molar-refractivity contribution in [1.82, 2.24) is 9.78 Å². The summed E-state index contributed by atoms with van der Waals surface area (Å²) in [6.07, 6.45) is 0. The van der Waals surface area contributed by atoms with E-state index >= 15 is 0 Å². The summed E-state index contributed by atoms with van der Waals surface area (Å²) >= 11 is 0. The summed E-state index contributed by atoms with van der Waals surface area (Å²) in [4.78, 5) is 0. The van der Waals surface area contributed by atoms with E-state index < -0.39 is 0 Å². The van der Waals surface area contributed by atoms with Crippen LogP contribution in [0.5, 0.6) is 5.75 Å². The van der Waals surface area contributed by atoms with Crippen LogP contribution in [0.25, 0.3) is 10.9 Å². The normalized spacial score (nSPS) is 10.7. The number of nitrogens with one attached hydrogen (secondary N) is 1. The van der Waals surface area contributed by atoms with Crippen LogP contribution in [0.1, 0.15) is 18.2 Å². The average Bonchev–Trinajstić information content (AvgIpc) is 2.88. The van der Waals surface area contributed by atoms with Crippen LogP contribution in [0.2, 0.25) is 0 Å². The summed E-state index contributed by atoms with van der Waals surface area (Å²) in [5.74, 6) is 1.39. The Kier molecular flexibility index (Phi) is 3.85. The van der Waals surface area contributed by atoms with Crippen LogP contribution in [-0.2, 0) is 6.54 Å². The molecule has 116 valence electrons. The number of hydrogen-bond donors (Lipinski definition) is 2. The standard InChI is InChI=1S/C18H18N4O/c1-12(2)23-14-9-7-13(8-10-14)11-22-16-6-4-3-5-15(16)17(21-22)18(19)20/h3-10H,1,11H2,2H3,(H3,19,20). The van der Waals surface area contributed by atoms with Gasteiger partial charge in [0.25, 0.3) is 0 Å². The van der Waals surface area contributed by atoms with Gasteiger partial charge in [-0.3, -0.25) is 10.1 Å². The molecule has 0 fully saturated rings. The van der Waals surface area contributed by atoms with E-state index in [9.17, 15) is 0 Å². The zero-order valence-electron chi connectivity index (χ0n) is 12.9. The number of rotatable bonds is 5. The summed E-state index contributed by atoms with van der Waals surface area (Å²) in [5, 5.41) is 13.0. The van der Waals surface area contributed by atoms with Gasteiger partial charge in [0.2, 0.25) is 0 Å². The lowest BCUT2D eigenvalue weighted by Gasteiger charge is -2.07. The summed E-state index contributed by atoms with van der Waals surface area (Å²) < 4.78 is 7.33. The minimum Gasteiger partial charge on any atom is -0.463 e. The van der Waals surface area contributed by atoms with E-state index in [-0.39, 0.29) is 5.84 Å². The Morgan fingerprint density at radius 3 is 2.57 bits per heavy atom. The highest BCUT2D eigenvalue weighted by Gasteiger charge is 2.12. The van der Waals surface area contributed by atoms with Gasteiger partial charge in [0, 0.05) is 5.39 Å². The highest BCUT2D eigenvalue weighted by Crippen LogP contribution is 2.20. The molecule has 0 spiro atoms. The van der Waals surface area contributed by atoms with Gasteiger partial charge in [-0.1, -0.05) is 36.9 Å². The second-order valence-electron chi connectivity index (χ2n) is 5.39. The van der Waals surface area contributed by atoms with Crippen LogP contribution >= 0.6 is 0 Å². The number of ether oxygens (including phenoxy) is 1. The third-order valence-corrected chi connectivity index (χ3v) is 3.46. The molecule has 0 aliphatic carbocycles. The van der Waals surface area contributed by atoms with E-state index in [0.29, 0.717) is 18.0 Å². The SMILES string of the molecule is C=C(C)Oc1ccc(Cn2nc(C(=N)N)c3ccccc32)cc1. The average molecular weight is 306 g/mol. The first kappa shape index (κ1) is 14.8. The molecule has 0 unspecified atom stereocenters. The maximum absolute atomic E-state index is 7.68. The highest BCUT2D eigenvalue weighted by atomic mass is 16.5. The van der Waals surface area contributed by atoms with Gasteiger partial charge >= 0.3 is 0 Å². The van der Waals surface area contributed by atoms with Crippen molar-refractivity contribution >= 4 is 16.7 Å². The predicted molar refractivity (Wildman–Crippen MR) is 91.7 cm³/mol. The van der Waals surface area contributed by atoms with Crippen LogP contribution in [0.4, 0.5) is 0 Å². The monoisotopic (exact) mass is 306 g/mol. The van der Waals surface area contributed by atoms with Crippen LogP contribution in [0.15, 0.2) is 60.9 Å². The van der Waals surface area contributed by atoms with Gasteiger partial charge in [0.05, 0.1) is 17.8 Å². The number of nitrogen functional groups attached to an aromatic ring is 1. The number of amidine groups is 1. The second kappa shape index (κ2) is 5.96. The van der Waals surface area contributed by atoms with Crippen LogP contribution in [-0.4, -0.2) is 15.6 Å². The van der Waals surface area contributed by atoms with Crippen LogP contribution < -0.4 is 10.5 Å². The largest absolute Gasteiger partial charge is 0.463 e. The van der Waals surface area contributed by atoms with Gasteiger partial charge in [-0.15, -0.1) is 0 Å². The van der Waals surface area contributed by atoms with E-state index in [2.05, 4.69) is 11.7 Å². The number of nitrogens with two attached hydrogens (primary N) is 1. The van der Waals surface area contributed by atoms with Crippen LogP contribution in [0, 0.1) is 5.41 Å². The number of fused-ring (bicyclic) bond motifs is 1. The van der Waals surface area contributed by atoms with E-state index in [1.165, 1.54) is 0 Å².